The van der Waals surface area contributed by atoms with E-state index in [1.165, 1.54) is 135 Å². The molecule has 4 heteroatoms. The number of aliphatic carboxylic acids is 1. The summed E-state index contributed by atoms with van der Waals surface area (Å²) in [5, 5.41) is 9.03. The first kappa shape index (κ1) is 36.9. The predicted molar refractivity (Wildman–Crippen MR) is 163 cm³/mol. The molecule has 1 N–H and O–H groups in total. The number of carbonyl (C=O) groups is 2. The molecule has 0 aliphatic rings. The molecule has 226 valence electrons. The molecule has 0 aliphatic carbocycles. The molecule has 0 fully saturated rings. The summed E-state index contributed by atoms with van der Waals surface area (Å²) in [6.45, 7) is 4.52. The maximum absolute atomic E-state index is 12.3. The van der Waals surface area contributed by atoms with E-state index in [2.05, 4.69) is 13.8 Å². The summed E-state index contributed by atoms with van der Waals surface area (Å²) < 4.78 is 5.69. The summed E-state index contributed by atoms with van der Waals surface area (Å²) in [6, 6.07) is 0. The van der Waals surface area contributed by atoms with E-state index in [0.717, 1.165) is 32.1 Å². The lowest BCUT2D eigenvalue weighted by molar-refractivity contribution is -0.151. The molecule has 0 aromatic rings. The van der Waals surface area contributed by atoms with Crippen LogP contribution in [0.1, 0.15) is 200 Å². The van der Waals surface area contributed by atoms with Gasteiger partial charge in [0, 0.05) is 12.8 Å². The van der Waals surface area contributed by atoms with Crippen molar-refractivity contribution in [3.05, 3.63) is 0 Å². The number of hydrogen-bond acceptors (Lipinski definition) is 3. The van der Waals surface area contributed by atoms with Crippen molar-refractivity contribution in [2.75, 3.05) is 0 Å². The molecule has 0 radical (unpaired) electrons. The summed E-state index contributed by atoms with van der Waals surface area (Å²) in [5.74, 6) is -0.948. The zero-order valence-corrected chi connectivity index (χ0v) is 25.8. The van der Waals surface area contributed by atoms with Crippen LogP contribution < -0.4 is 0 Å². The minimum atomic E-state index is -0.810. The first-order chi connectivity index (χ1) is 18.6. The Kier molecular flexibility index (Phi) is 29.6. The Balaban J connectivity index is 3.64. The largest absolute Gasteiger partial charge is 0.481 e. The normalized spacial score (nSPS) is 12.1. The summed E-state index contributed by atoms with van der Waals surface area (Å²) in [6.07, 6.45) is 34.1. The van der Waals surface area contributed by atoms with Crippen LogP contribution in [0.5, 0.6) is 0 Å². The average Bonchev–Trinajstić information content (AvgIpc) is 2.90. The molecule has 0 aliphatic heterocycles. The Hall–Kier alpha value is -1.06. The third-order valence-corrected chi connectivity index (χ3v) is 7.84. The quantitative estimate of drug-likeness (QED) is 0.0704. The average molecular weight is 539 g/mol. The van der Waals surface area contributed by atoms with Crippen LogP contribution >= 0.6 is 0 Å². The van der Waals surface area contributed by atoms with E-state index >= 15 is 0 Å². The molecular formula is C34H66O4. The topological polar surface area (TPSA) is 63.6 Å². The first-order valence-electron chi connectivity index (χ1n) is 17.0. The van der Waals surface area contributed by atoms with Gasteiger partial charge in [-0.15, -0.1) is 0 Å². The summed E-state index contributed by atoms with van der Waals surface area (Å²) in [4.78, 5) is 23.3. The third-order valence-electron chi connectivity index (χ3n) is 7.84. The van der Waals surface area contributed by atoms with Crippen molar-refractivity contribution in [1.82, 2.24) is 0 Å². The fourth-order valence-electron chi connectivity index (χ4n) is 5.29. The Morgan fingerprint density at radius 2 is 0.816 bits per heavy atom. The van der Waals surface area contributed by atoms with Crippen molar-refractivity contribution < 1.29 is 19.4 Å². The van der Waals surface area contributed by atoms with Gasteiger partial charge in [-0.1, -0.05) is 162 Å². The van der Waals surface area contributed by atoms with Crippen LogP contribution in [0.4, 0.5) is 0 Å². The molecule has 1 unspecified atom stereocenters. The van der Waals surface area contributed by atoms with Crippen LogP contribution in [0.25, 0.3) is 0 Å². The van der Waals surface area contributed by atoms with E-state index in [1.807, 2.05) is 0 Å². The molecule has 4 nitrogen and oxygen atoms in total. The Bertz CT molecular complexity index is 505. The van der Waals surface area contributed by atoms with Gasteiger partial charge in [-0.2, -0.15) is 0 Å². The van der Waals surface area contributed by atoms with Crippen LogP contribution in [0.2, 0.25) is 0 Å². The maximum Gasteiger partial charge on any atom is 0.306 e. The number of ether oxygens (including phenoxy) is 1. The van der Waals surface area contributed by atoms with Gasteiger partial charge in [0.05, 0.1) is 0 Å². The number of hydrogen-bond donors (Lipinski definition) is 1. The number of rotatable bonds is 31. The van der Waals surface area contributed by atoms with Crippen LogP contribution in [-0.4, -0.2) is 23.1 Å². The third kappa shape index (κ3) is 29.5. The van der Waals surface area contributed by atoms with Crippen LogP contribution in [0.15, 0.2) is 0 Å². The lowest BCUT2D eigenvalue weighted by Crippen LogP contribution is -2.19. The molecule has 0 aromatic carbocycles. The van der Waals surface area contributed by atoms with Crippen molar-refractivity contribution in [3.63, 3.8) is 0 Å². The Morgan fingerprint density at radius 3 is 1.18 bits per heavy atom. The van der Waals surface area contributed by atoms with Gasteiger partial charge >= 0.3 is 11.9 Å². The van der Waals surface area contributed by atoms with Crippen molar-refractivity contribution in [1.29, 1.82) is 0 Å². The molecule has 0 amide bonds. The second-order valence-electron chi connectivity index (χ2n) is 11.7. The van der Waals surface area contributed by atoms with Gasteiger partial charge in [0.25, 0.3) is 0 Å². The van der Waals surface area contributed by atoms with Crippen molar-refractivity contribution in [2.45, 2.75) is 206 Å². The fraction of sp³-hybridized carbons (Fsp3) is 0.941. The fourth-order valence-corrected chi connectivity index (χ4v) is 5.29. The summed E-state index contributed by atoms with van der Waals surface area (Å²) in [5.41, 5.74) is 0. The van der Waals surface area contributed by atoms with Gasteiger partial charge in [0.2, 0.25) is 0 Å². The number of unbranched alkanes of at least 4 members (excludes halogenated alkanes) is 23. The highest BCUT2D eigenvalue weighted by Gasteiger charge is 2.15. The molecule has 0 bridgehead atoms. The van der Waals surface area contributed by atoms with E-state index in [0.29, 0.717) is 12.8 Å². The zero-order valence-electron chi connectivity index (χ0n) is 25.8. The van der Waals surface area contributed by atoms with Gasteiger partial charge in [0.15, 0.2) is 0 Å². The van der Waals surface area contributed by atoms with Crippen molar-refractivity contribution in [2.24, 2.45) is 0 Å². The van der Waals surface area contributed by atoms with Crippen LogP contribution in [-0.2, 0) is 14.3 Å². The SMILES string of the molecule is CCCCCCCCCCCCCCCCCCCC(=O)OC(CCCCCCCCCC)CCC(=O)O. The molecule has 38 heavy (non-hydrogen) atoms. The van der Waals surface area contributed by atoms with Gasteiger partial charge in [0.1, 0.15) is 6.10 Å². The maximum atomic E-state index is 12.3. The minimum Gasteiger partial charge on any atom is -0.481 e. The highest BCUT2D eigenvalue weighted by Crippen LogP contribution is 2.17. The highest BCUT2D eigenvalue weighted by atomic mass is 16.5. The van der Waals surface area contributed by atoms with Gasteiger partial charge in [-0.25, -0.2) is 0 Å². The first-order valence-corrected chi connectivity index (χ1v) is 17.0. The second-order valence-corrected chi connectivity index (χ2v) is 11.7. The van der Waals surface area contributed by atoms with E-state index in [1.54, 1.807) is 0 Å². The Morgan fingerprint density at radius 1 is 0.474 bits per heavy atom. The highest BCUT2D eigenvalue weighted by molar-refractivity contribution is 5.69. The number of carbonyl (C=O) groups excluding carboxylic acids is 1. The molecule has 0 saturated heterocycles. The zero-order chi connectivity index (χ0) is 27.9. The van der Waals surface area contributed by atoms with Crippen molar-refractivity contribution in [3.8, 4) is 0 Å². The van der Waals surface area contributed by atoms with Crippen LogP contribution in [0, 0.1) is 0 Å². The lowest BCUT2D eigenvalue weighted by Gasteiger charge is -2.17. The smallest absolute Gasteiger partial charge is 0.306 e. The number of esters is 1. The standard InChI is InChI=1S/C34H66O4/c1-3-5-7-9-11-13-14-15-16-17-18-19-20-21-23-25-27-29-34(37)38-32(30-31-33(35)36)28-26-24-22-12-10-8-6-4-2/h32H,3-31H2,1-2H3,(H,35,36). The van der Waals surface area contributed by atoms with E-state index in [9.17, 15) is 9.59 Å². The second kappa shape index (κ2) is 30.5. The van der Waals surface area contributed by atoms with Crippen molar-refractivity contribution >= 4 is 11.9 Å². The number of carboxylic acid groups (broad SMARTS) is 1. The molecule has 0 aromatic heterocycles. The molecular weight excluding hydrogens is 472 g/mol. The molecule has 0 rings (SSSR count). The van der Waals surface area contributed by atoms with E-state index in [4.69, 9.17) is 9.84 Å². The molecule has 0 spiro atoms. The van der Waals surface area contributed by atoms with Gasteiger partial charge in [-0.3, -0.25) is 9.59 Å². The molecule has 1 atom stereocenters. The van der Waals surface area contributed by atoms with E-state index in [-0.39, 0.29) is 18.5 Å². The number of carboxylic acids is 1. The predicted octanol–water partition coefficient (Wildman–Crippen LogP) is 11.3. The summed E-state index contributed by atoms with van der Waals surface area (Å²) in [7, 11) is 0. The lowest BCUT2D eigenvalue weighted by atomic mass is 10.0. The van der Waals surface area contributed by atoms with Gasteiger partial charge in [-0.05, 0) is 25.7 Å². The minimum absolute atomic E-state index is 0.0775. The molecule has 0 saturated carbocycles. The monoisotopic (exact) mass is 538 g/mol. The molecule has 0 heterocycles. The summed E-state index contributed by atoms with van der Waals surface area (Å²) >= 11 is 0. The Labute approximate surface area is 237 Å². The van der Waals surface area contributed by atoms with Crippen LogP contribution in [0.3, 0.4) is 0 Å². The van der Waals surface area contributed by atoms with E-state index < -0.39 is 5.97 Å². The van der Waals surface area contributed by atoms with Gasteiger partial charge < -0.3 is 9.84 Å².